The highest BCUT2D eigenvalue weighted by Gasteiger charge is 2.46. The molecule has 1 N–H and O–H groups in total. The summed E-state index contributed by atoms with van der Waals surface area (Å²) >= 11 is 0. The van der Waals surface area contributed by atoms with E-state index in [9.17, 15) is 14.0 Å². The number of carbonyl (C=O) groups excluding carboxylic acids is 2. The van der Waals surface area contributed by atoms with Crippen molar-refractivity contribution >= 4 is 17.7 Å². The second-order valence-electron chi connectivity index (χ2n) is 7.56. The Kier molecular flexibility index (Phi) is 5.82. The maximum Gasteiger partial charge on any atom is 0.317 e. The van der Waals surface area contributed by atoms with Crippen molar-refractivity contribution in [2.24, 2.45) is 0 Å². The lowest BCUT2D eigenvalue weighted by atomic mass is 9.78. The molecule has 7 heteroatoms. The Balaban J connectivity index is 1.74. The Bertz CT molecular complexity index is 856. The summed E-state index contributed by atoms with van der Waals surface area (Å²) in [5.41, 5.74) is -0.678. The van der Waals surface area contributed by atoms with Crippen molar-refractivity contribution in [1.29, 1.82) is 0 Å². The van der Waals surface area contributed by atoms with Gasteiger partial charge in [-0.05, 0) is 39.7 Å². The largest absolute Gasteiger partial charge is 0.452 e. The summed E-state index contributed by atoms with van der Waals surface area (Å²) < 4.78 is 21.6. The number of carbonyl (C=O) groups is 2. The van der Waals surface area contributed by atoms with E-state index < -0.39 is 29.2 Å². The van der Waals surface area contributed by atoms with E-state index in [1.807, 2.05) is 13.8 Å². The zero-order valence-electron chi connectivity index (χ0n) is 16.4. The number of esters is 1. The minimum absolute atomic E-state index is 0.0750. The molecule has 28 heavy (non-hydrogen) atoms. The molecule has 0 radical (unpaired) electrons. The number of hydrogen-bond donors (Lipinski definition) is 1. The lowest BCUT2D eigenvalue weighted by molar-refractivity contribution is -0.159. The zero-order chi connectivity index (χ0) is 20.3. The lowest BCUT2D eigenvalue weighted by Crippen LogP contribution is -2.40. The van der Waals surface area contributed by atoms with Crippen molar-refractivity contribution in [3.8, 4) is 0 Å². The molecule has 1 aromatic heterocycles. The molecule has 1 aromatic carbocycles. The molecular formula is C21H26FN3O3. The fraction of sp³-hybridized carbons (Fsp3) is 0.476. The third kappa shape index (κ3) is 3.79. The fourth-order valence-electron chi connectivity index (χ4n) is 3.79. The predicted molar refractivity (Wildman–Crippen MR) is 103 cm³/mol. The molecule has 1 aliphatic rings. The van der Waals surface area contributed by atoms with Crippen LogP contribution in [0.3, 0.4) is 0 Å². The monoisotopic (exact) mass is 387 g/mol. The van der Waals surface area contributed by atoms with E-state index in [1.165, 1.54) is 13.0 Å². The number of aromatic nitrogens is 2. The number of ether oxygens (including phenoxy) is 1. The average molecular weight is 387 g/mol. The lowest BCUT2D eigenvalue weighted by Gasteiger charge is -2.29. The minimum atomic E-state index is -1.03. The minimum Gasteiger partial charge on any atom is -0.452 e. The molecule has 150 valence electrons. The van der Waals surface area contributed by atoms with Crippen molar-refractivity contribution in [3.63, 3.8) is 0 Å². The number of nitrogens with one attached hydrogen (secondary N) is 1. The van der Waals surface area contributed by atoms with Crippen LogP contribution in [0.25, 0.3) is 0 Å². The SMILES string of the molecule is CC(C)n1nccc1NC(=O)[C@@H](C)OC(=O)C1(c2ccccc2F)CCCC1. The highest BCUT2D eigenvalue weighted by atomic mass is 19.1. The maximum absolute atomic E-state index is 14.4. The molecule has 6 nitrogen and oxygen atoms in total. The molecule has 0 spiro atoms. The van der Waals surface area contributed by atoms with E-state index in [0.29, 0.717) is 24.2 Å². The first kappa shape index (κ1) is 20.0. The fourth-order valence-corrected chi connectivity index (χ4v) is 3.79. The molecule has 1 amide bonds. The smallest absolute Gasteiger partial charge is 0.317 e. The van der Waals surface area contributed by atoms with Crippen molar-refractivity contribution in [3.05, 3.63) is 47.9 Å². The summed E-state index contributed by atoms with van der Waals surface area (Å²) in [4.78, 5) is 25.6. The van der Waals surface area contributed by atoms with Gasteiger partial charge >= 0.3 is 5.97 Å². The van der Waals surface area contributed by atoms with Crippen LogP contribution >= 0.6 is 0 Å². The van der Waals surface area contributed by atoms with Gasteiger partial charge in [0.15, 0.2) is 6.10 Å². The molecule has 2 aromatic rings. The molecule has 1 atom stereocenters. The van der Waals surface area contributed by atoms with Crippen LogP contribution < -0.4 is 5.32 Å². The summed E-state index contributed by atoms with van der Waals surface area (Å²) in [6, 6.07) is 8.06. The average Bonchev–Trinajstić information content (AvgIpc) is 3.32. The second kappa shape index (κ2) is 8.12. The summed E-state index contributed by atoms with van der Waals surface area (Å²) in [5, 5.41) is 6.91. The van der Waals surface area contributed by atoms with E-state index in [-0.39, 0.29) is 6.04 Å². The van der Waals surface area contributed by atoms with Crippen LogP contribution in [0.5, 0.6) is 0 Å². The Morgan fingerprint density at radius 2 is 1.86 bits per heavy atom. The van der Waals surface area contributed by atoms with Crippen LogP contribution in [0, 0.1) is 5.82 Å². The van der Waals surface area contributed by atoms with Crippen LogP contribution in [0.15, 0.2) is 36.5 Å². The van der Waals surface area contributed by atoms with E-state index in [1.54, 1.807) is 35.1 Å². The van der Waals surface area contributed by atoms with E-state index >= 15 is 0 Å². The Morgan fingerprint density at radius 1 is 1.18 bits per heavy atom. The molecule has 0 aliphatic heterocycles. The summed E-state index contributed by atoms with van der Waals surface area (Å²) in [7, 11) is 0. The Hall–Kier alpha value is -2.70. The number of anilines is 1. The summed E-state index contributed by atoms with van der Waals surface area (Å²) in [6.45, 7) is 5.42. The molecule has 0 bridgehead atoms. The highest BCUT2D eigenvalue weighted by molar-refractivity contribution is 5.95. The van der Waals surface area contributed by atoms with Gasteiger partial charge in [0.1, 0.15) is 11.6 Å². The van der Waals surface area contributed by atoms with Gasteiger partial charge in [-0.25, -0.2) is 9.07 Å². The van der Waals surface area contributed by atoms with Crippen molar-refractivity contribution < 1.29 is 18.7 Å². The van der Waals surface area contributed by atoms with Crippen molar-refractivity contribution in [2.75, 3.05) is 5.32 Å². The van der Waals surface area contributed by atoms with Gasteiger partial charge in [0.05, 0.1) is 11.6 Å². The summed E-state index contributed by atoms with van der Waals surface area (Å²) in [5.74, 6) is -0.876. The van der Waals surface area contributed by atoms with Gasteiger partial charge < -0.3 is 10.1 Å². The number of rotatable bonds is 6. The molecule has 0 saturated heterocycles. The molecule has 1 saturated carbocycles. The summed E-state index contributed by atoms with van der Waals surface area (Å²) in [6.07, 6.45) is 3.25. The number of nitrogens with zero attached hydrogens (tertiary/aromatic N) is 2. The van der Waals surface area contributed by atoms with Crippen molar-refractivity contribution in [1.82, 2.24) is 9.78 Å². The van der Waals surface area contributed by atoms with Gasteiger partial charge in [-0.3, -0.25) is 9.59 Å². The van der Waals surface area contributed by atoms with Gasteiger partial charge in [-0.15, -0.1) is 0 Å². The normalized spacial score (nSPS) is 16.8. The van der Waals surface area contributed by atoms with E-state index in [2.05, 4.69) is 10.4 Å². The first-order valence-electron chi connectivity index (χ1n) is 9.65. The van der Waals surface area contributed by atoms with Crippen molar-refractivity contribution in [2.45, 2.75) is 64.0 Å². The maximum atomic E-state index is 14.4. The van der Waals surface area contributed by atoms with Gasteiger partial charge in [-0.2, -0.15) is 5.10 Å². The van der Waals surface area contributed by atoms with Crippen LogP contribution in [-0.4, -0.2) is 27.8 Å². The second-order valence-corrected chi connectivity index (χ2v) is 7.56. The van der Waals surface area contributed by atoms with Crippen LogP contribution in [-0.2, 0) is 19.7 Å². The number of benzene rings is 1. The van der Waals surface area contributed by atoms with Crippen LogP contribution in [0.1, 0.15) is 58.1 Å². The molecule has 0 unspecified atom stereocenters. The number of halogens is 1. The van der Waals surface area contributed by atoms with Crippen LogP contribution in [0.4, 0.5) is 10.2 Å². The van der Waals surface area contributed by atoms with Crippen LogP contribution in [0.2, 0.25) is 0 Å². The first-order chi connectivity index (χ1) is 13.3. The first-order valence-corrected chi connectivity index (χ1v) is 9.65. The highest BCUT2D eigenvalue weighted by Crippen LogP contribution is 2.43. The molecule has 1 aliphatic carbocycles. The van der Waals surface area contributed by atoms with Gasteiger partial charge in [-0.1, -0.05) is 31.0 Å². The molecule has 1 heterocycles. The molecule has 1 fully saturated rings. The molecular weight excluding hydrogens is 361 g/mol. The number of amides is 1. The van der Waals surface area contributed by atoms with Gasteiger partial charge in [0.25, 0.3) is 5.91 Å². The third-order valence-corrected chi connectivity index (χ3v) is 5.30. The predicted octanol–water partition coefficient (Wildman–Crippen LogP) is 3.99. The Morgan fingerprint density at radius 3 is 2.50 bits per heavy atom. The van der Waals surface area contributed by atoms with E-state index in [4.69, 9.17) is 4.74 Å². The van der Waals surface area contributed by atoms with E-state index in [0.717, 1.165) is 12.8 Å². The standard InChI is InChI=1S/C21H26FN3O3/c1-14(2)25-18(10-13-23-25)24-19(26)15(3)28-20(27)21(11-6-7-12-21)16-8-4-5-9-17(16)22/h4-5,8-10,13-15H,6-7,11-12H2,1-3H3,(H,24,26)/t15-/m1/s1. The third-order valence-electron chi connectivity index (χ3n) is 5.30. The topological polar surface area (TPSA) is 73.2 Å². The zero-order valence-corrected chi connectivity index (χ0v) is 16.4. The molecule has 3 rings (SSSR count). The van der Waals surface area contributed by atoms with Gasteiger partial charge in [0, 0.05) is 17.7 Å². The Labute approximate surface area is 164 Å². The van der Waals surface area contributed by atoms with Gasteiger partial charge in [0.2, 0.25) is 0 Å². The number of hydrogen-bond acceptors (Lipinski definition) is 4. The quantitative estimate of drug-likeness (QED) is 0.761.